The average Bonchev–Trinajstić information content (AvgIpc) is 2.66. The molecule has 0 saturated carbocycles. The Bertz CT molecular complexity index is 616. The summed E-state index contributed by atoms with van der Waals surface area (Å²) in [7, 11) is 1.45. The van der Waals surface area contributed by atoms with Crippen LogP contribution in [0.1, 0.15) is 26.7 Å². The third-order valence-corrected chi connectivity index (χ3v) is 4.64. The third-order valence-electron chi connectivity index (χ3n) is 4.33. The predicted molar refractivity (Wildman–Crippen MR) is 104 cm³/mol. The van der Waals surface area contributed by atoms with E-state index in [1.165, 1.54) is 7.11 Å². The van der Waals surface area contributed by atoms with Gasteiger partial charge in [0.05, 0.1) is 24.6 Å². The standard InChI is InChI=1S/C19H28ClN3O3/c1-4-21-19(23-11-9-15(10-12-23)18(24)25-3)22-13-14(2)26-17-8-6-5-7-16(17)20/h5-8,14-15H,4,9-13H2,1-3H3,(H,21,22). The van der Waals surface area contributed by atoms with E-state index in [1.807, 2.05) is 38.1 Å². The first-order valence-corrected chi connectivity index (χ1v) is 9.45. The van der Waals surface area contributed by atoms with Crippen LogP contribution in [0, 0.1) is 5.92 Å². The fraction of sp³-hybridized carbons (Fsp3) is 0.579. The molecular weight excluding hydrogens is 354 g/mol. The largest absolute Gasteiger partial charge is 0.487 e. The van der Waals surface area contributed by atoms with Crippen LogP contribution in [0.3, 0.4) is 0 Å². The first-order valence-electron chi connectivity index (χ1n) is 9.07. The first kappa shape index (κ1) is 20.4. The maximum atomic E-state index is 11.7. The minimum absolute atomic E-state index is 0.0124. The molecule has 1 heterocycles. The van der Waals surface area contributed by atoms with Crippen LogP contribution in [0.4, 0.5) is 0 Å². The van der Waals surface area contributed by atoms with Crippen LogP contribution >= 0.6 is 11.6 Å². The Morgan fingerprint density at radius 3 is 2.69 bits per heavy atom. The number of piperidine rings is 1. The normalized spacial score (nSPS) is 16.9. The summed E-state index contributed by atoms with van der Waals surface area (Å²) in [5.41, 5.74) is 0. The molecule has 26 heavy (non-hydrogen) atoms. The summed E-state index contributed by atoms with van der Waals surface area (Å²) in [6.45, 7) is 6.89. The van der Waals surface area contributed by atoms with Crippen LogP contribution in [0.15, 0.2) is 29.3 Å². The molecule has 1 N–H and O–H groups in total. The number of ether oxygens (including phenoxy) is 2. The summed E-state index contributed by atoms with van der Waals surface area (Å²) in [6, 6.07) is 7.43. The maximum absolute atomic E-state index is 11.7. The van der Waals surface area contributed by atoms with Crippen LogP contribution in [-0.4, -0.2) is 56.2 Å². The highest BCUT2D eigenvalue weighted by Crippen LogP contribution is 2.24. The molecule has 1 unspecified atom stereocenters. The lowest BCUT2D eigenvalue weighted by atomic mass is 9.97. The number of carbonyl (C=O) groups excluding carboxylic acids is 1. The minimum Gasteiger partial charge on any atom is -0.487 e. The molecule has 7 heteroatoms. The van der Waals surface area contributed by atoms with Crippen molar-refractivity contribution in [1.29, 1.82) is 0 Å². The number of rotatable bonds is 6. The summed E-state index contributed by atoms with van der Waals surface area (Å²) in [5.74, 6) is 1.39. The number of carbonyl (C=O) groups is 1. The molecule has 0 aliphatic carbocycles. The van der Waals surface area contributed by atoms with Gasteiger partial charge in [0.25, 0.3) is 0 Å². The number of esters is 1. The van der Waals surface area contributed by atoms with E-state index in [2.05, 4.69) is 10.2 Å². The van der Waals surface area contributed by atoms with Gasteiger partial charge in [-0.25, -0.2) is 4.99 Å². The Hall–Kier alpha value is -1.95. The predicted octanol–water partition coefficient (Wildman–Crippen LogP) is 2.96. The van der Waals surface area contributed by atoms with Gasteiger partial charge in [0.2, 0.25) is 0 Å². The summed E-state index contributed by atoms with van der Waals surface area (Å²) in [5, 5.41) is 3.92. The zero-order valence-corrected chi connectivity index (χ0v) is 16.5. The van der Waals surface area contributed by atoms with E-state index >= 15 is 0 Å². The summed E-state index contributed by atoms with van der Waals surface area (Å²) < 4.78 is 10.7. The van der Waals surface area contributed by atoms with Crippen molar-refractivity contribution in [1.82, 2.24) is 10.2 Å². The van der Waals surface area contributed by atoms with Gasteiger partial charge in [0.15, 0.2) is 5.96 Å². The zero-order chi connectivity index (χ0) is 18.9. The van der Waals surface area contributed by atoms with Crippen LogP contribution < -0.4 is 10.1 Å². The zero-order valence-electron chi connectivity index (χ0n) is 15.7. The Kier molecular flexibility index (Phi) is 8.04. The number of nitrogens with zero attached hydrogens (tertiary/aromatic N) is 2. The van der Waals surface area contributed by atoms with Crippen LogP contribution in [0.5, 0.6) is 5.75 Å². The second-order valence-electron chi connectivity index (χ2n) is 6.34. The first-order chi connectivity index (χ1) is 12.5. The SMILES string of the molecule is CCNC(=NCC(C)Oc1ccccc1Cl)N1CCC(C(=O)OC)CC1. The van der Waals surface area contributed by atoms with Crippen molar-refractivity contribution in [3.8, 4) is 5.75 Å². The molecule has 6 nitrogen and oxygen atoms in total. The average molecular weight is 382 g/mol. The van der Waals surface area contributed by atoms with Gasteiger partial charge in [-0.05, 0) is 38.8 Å². The number of hydrogen-bond acceptors (Lipinski definition) is 4. The van der Waals surface area contributed by atoms with Crippen molar-refractivity contribution >= 4 is 23.5 Å². The number of guanidine groups is 1. The highest BCUT2D eigenvalue weighted by molar-refractivity contribution is 6.32. The van der Waals surface area contributed by atoms with Gasteiger partial charge in [-0.15, -0.1) is 0 Å². The topological polar surface area (TPSA) is 63.2 Å². The van der Waals surface area contributed by atoms with Gasteiger partial charge in [-0.2, -0.15) is 0 Å². The van der Waals surface area contributed by atoms with E-state index in [4.69, 9.17) is 26.1 Å². The lowest BCUT2D eigenvalue weighted by molar-refractivity contribution is -0.146. The van der Waals surface area contributed by atoms with Crippen LogP contribution in [0.2, 0.25) is 5.02 Å². The molecule has 0 aromatic heterocycles. The molecule has 0 spiro atoms. The lowest BCUT2D eigenvalue weighted by Crippen LogP contribution is -2.47. The molecule has 0 amide bonds. The van der Waals surface area contributed by atoms with E-state index in [1.54, 1.807) is 0 Å². The van der Waals surface area contributed by atoms with Crippen molar-refractivity contribution < 1.29 is 14.3 Å². The van der Waals surface area contributed by atoms with Crippen molar-refractivity contribution in [3.05, 3.63) is 29.3 Å². The molecule has 1 aliphatic heterocycles. The summed E-state index contributed by atoms with van der Waals surface area (Å²) in [4.78, 5) is 18.6. The minimum atomic E-state index is -0.117. The molecule has 144 valence electrons. The van der Waals surface area contributed by atoms with Crippen molar-refractivity contribution in [2.24, 2.45) is 10.9 Å². The Morgan fingerprint density at radius 2 is 2.08 bits per heavy atom. The van der Waals surface area contributed by atoms with E-state index < -0.39 is 0 Å². The number of halogens is 1. The quantitative estimate of drug-likeness (QED) is 0.466. The number of para-hydroxylation sites is 1. The molecule has 1 aliphatic rings. The van der Waals surface area contributed by atoms with Gasteiger partial charge in [-0.1, -0.05) is 23.7 Å². The Labute approximate surface area is 160 Å². The van der Waals surface area contributed by atoms with Gasteiger partial charge >= 0.3 is 5.97 Å². The molecule has 1 fully saturated rings. The Balaban J connectivity index is 1.92. The fourth-order valence-electron chi connectivity index (χ4n) is 2.93. The highest BCUT2D eigenvalue weighted by atomic mass is 35.5. The van der Waals surface area contributed by atoms with E-state index in [9.17, 15) is 4.79 Å². The number of likely N-dealkylation sites (tertiary alicyclic amines) is 1. The molecule has 1 aromatic rings. The molecule has 1 aromatic carbocycles. The maximum Gasteiger partial charge on any atom is 0.308 e. The van der Waals surface area contributed by atoms with E-state index in [-0.39, 0.29) is 18.0 Å². The second-order valence-corrected chi connectivity index (χ2v) is 6.75. The van der Waals surface area contributed by atoms with Crippen molar-refractivity contribution in [2.45, 2.75) is 32.8 Å². The van der Waals surface area contributed by atoms with Gasteiger partial charge < -0.3 is 19.7 Å². The molecule has 2 rings (SSSR count). The van der Waals surface area contributed by atoms with Crippen molar-refractivity contribution in [3.63, 3.8) is 0 Å². The second kappa shape index (κ2) is 10.3. The van der Waals surface area contributed by atoms with E-state index in [0.717, 1.165) is 38.4 Å². The Morgan fingerprint density at radius 1 is 1.38 bits per heavy atom. The van der Waals surface area contributed by atoms with Gasteiger partial charge in [0, 0.05) is 19.6 Å². The van der Waals surface area contributed by atoms with Crippen molar-refractivity contribution in [2.75, 3.05) is 33.3 Å². The van der Waals surface area contributed by atoms with Gasteiger partial charge in [-0.3, -0.25) is 4.79 Å². The molecule has 1 atom stereocenters. The molecule has 1 saturated heterocycles. The fourth-order valence-corrected chi connectivity index (χ4v) is 3.11. The summed E-state index contributed by atoms with van der Waals surface area (Å²) >= 11 is 6.13. The van der Waals surface area contributed by atoms with E-state index in [0.29, 0.717) is 17.3 Å². The number of nitrogens with one attached hydrogen (secondary N) is 1. The molecular formula is C19H28ClN3O3. The number of aliphatic imine (C=N–C) groups is 1. The monoisotopic (exact) mass is 381 g/mol. The van der Waals surface area contributed by atoms with Crippen LogP contribution in [0.25, 0.3) is 0 Å². The molecule has 0 bridgehead atoms. The summed E-state index contributed by atoms with van der Waals surface area (Å²) in [6.07, 6.45) is 1.46. The smallest absolute Gasteiger partial charge is 0.308 e. The number of methoxy groups -OCH3 is 1. The highest BCUT2D eigenvalue weighted by Gasteiger charge is 2.27. The van der Waals surface area contributed by atoms with Crippen LogP contribution in [-0.2, 0) is 9.53 Å². The number of hydrogen-bond donors (Lipinski definition) is 1. The lowest BCUT2D eigenvalue weighted by Gasteiger charge is -2.33. The number of benzene rings is 1. The third kappa shape index (κ3) is 5.80. The van der Waals surface area contributed by atoms with Gasteiger partial charge in [0.1, 0.15) is 11.9 Å². The molecule has 0 radical (unpaired) electrons.